The Hall–Kier alpha value is -9.05. The number of benzene rings is 10. The third-order valence-corrected chi connectivity index (χ3v) is 13.5. The second-order valence-electron chi connectivity index (χ2n) is 17.5. The average molecular weight is 866 g/mol. The minimum absolute atomic E-state index is 0.948. The Morgan fingerprint density at radius 2 is 0.515 bits per heavy atom. The molecule has 68 heavy (non-hydrogen) atoms. The summed E-state index contributed by atoms with van der Waals surface area (Å²) in [7, 11) is 0. The van der Waals surface area contributed by atoms with Crippen molar-refractivity contribution in [2.24, 2.45) is 0 Å². The lowest BCUT2D eigenvalue weighted by atomic mass is 9.83. The summed E-state index contributed by atoms with van der Waals surface area (Å²) < 4.78 is 4.87. The van der Waals surface area contributed by atoms with Gasteiger partial charge < -0.3 is 9.13 Å². The first-order valence-electron chi connectivity index (χ1n) is 23.3. The van der Waals surface area contributed by atoms with Crippen molar-refractivity contribution in [3.05, 3.63) is 261 Å². The zero-order valence-corrected chi connectivity index (χ0v) is 37.2. The van der Waals surface area contributed by atoms with Crippen LogP contribution in [-0.4, -0.2) is 14.1 Å². The van der Waals surface area contributed by atoms with Gasteiger partial charge in [-0.2, -0.15) is 0 Å². The zero-order chi connectivity index (χ0) is 45.0. The summed E-state index contributed by atoms with van der Waals surface area (Å²) in [5.74, 6) is 0. The number of para-hydroxylation sites is 4. The molecule has 3 nitrogen and oxygen atoms in total. The summed E-state index contributed by atoms with van der Waals surface area (Å²) in [5.41, 5.74) is 19.9. The number of hydrogen-bond donors (Lipinski definition) is 0. The number of hydrogen-bond acceptors (Lipinski definition) is 1. The van der Waals surface area contributed by atoms with Crippen LogP contribution in [0.15, 0.2) is 261 Å². The first-order chi connectivity index (χ1) is 33.8. The van der Waals surface area contributed by atoms with E-state index in [0.29, 0.717) is 0 Å². The highest BCUT2D eigenvalue weighted by Gasteiger charge is 2.25. The fourth-order valence-electron chi connectivity index (χ4n) is 10.5. The third-order valence-electron chi connectivity index (χ3n) is 13.5. The molecule has 0 aliphatic heterocycles. The van der Waals surface area contributed by atoms with Crippen molar-refractivity contribution in [3.8, 4) is 78.4 Å². The lowest BCUT2D eigenvalue weighted by Crippen LogP contribution is -2.01. The maximum atomic E-state index is 5.67. The normalized spacial score (nSPS) is 11.5. The third kappa shape index (κ3) is 6.55. The Morgan fingerprint density at radius 3 is 0.882 bits per heavy atom. The molecule has 3 aromatic heterocycles. The second kappa shape index (κ2) is 16.4. The molecule has 0 saturated carbocycles. The van der Waals surface area contributed by atoms with Gasteiger partial charge in [-0.05, 0) is 70.3 Å². The van der Waals surface area contributed by atoms with Crippen LogP contribution in [0.25, 0.3) is 122 Å². The van der Waals surface area contributed by atoms with Crippen LogP contribution >= 0.6 is 0 Å². The molecule has 0 amide bonds. The minimum atomic E-state index is 0.948. The quantitative estimate of drug-likeness (QED) is 0.149. The largest absolute Gasteiger partial charge is 0.309 e. The number of aromatic nitrogens is 3. The van der Waals surface area contributed by atoms with Crippen molar-refractivity contribution < 1.29 is 0 Å². The van der Waals surface area contributed by atoms with Gasteiger partial charge in [-0.25, -0.2) is 4.98 Å². The fourth-order valence-corrected chi connectivity index (χ4v) is 10.5. The first-order valence-corrected chi connectivity index (χ1v) is 23.3. The molecule has 318 valence electrons. The Balaban J connectivity index is 1.08. The van der Waals surface area contributed by atoms with Gasteiger partial charge >= 0.3 is 0 Å². The summed E-state index contributed by atoms with van der Waals surface area (Å²) in [6, 6.07) is 94.3. The molecular weight excluding hydrogens is 823 g/mol. The van der Waals surface area contributed by atoms with E-state index in [1.54, 1.807) is 0 Å². The van der Waals surface area contributed by atoms with E-state index < -0.39 is 0 Å². The van der Waals surface area contributed by atoms with Crippen LogP contribution in [0, 0.1) is 0 Å². The number of rotatable bonds is 8. The molecule has 0 fully saturated rings. The molecule has 3 heteroatoms. The predicted molar refractivity (Wildman–Crippen MR) is 286 cm³/mol. The van der Waals surface area contributed by atoms with Crippen molar-refractivity contribution in [3.63, 3.8) is 0 Å². The molecular formula is C65H43N3. The van der Waals surface area contributed by atoms with Crippen molar-refractivity contribution in [1.29, 1.82) is 0 Å². The summed E-state index contributed by atoms with van der Waals surface area (Å²) in [6.07, 6.45) is 0. The molecule has 0 atom stereocenters. The van der Waals surface area contributed by atoms with Gasteiger partial charge in [0.05, 0.1) is 33.5 Å². The smallest absolute Gasteiger partial charge is 0.0794 e. The molecule has 0 saturated heterocycles. The van der Waals surface area contributed by atoms with Gasteiger partial charge in [-0.3, -0.25) is 0 Å². The van der Waals surface area contributed by atoms with Gasteiger partial charge in [0.25, 0.3) is 0 Å². The first kappa shape index (κ1) is 39.3. The number of fused-ring (bicyclic) bond motifs is 6. The Bertz CT molecular complexity index is 3640. The summed E-state index contributed by atoms with van der Waals surface area (Å²) >= 11 is 0. The summed E-state index contributed by atoms with van der Waals surface area (Å²) in [5, 5.41) is 4.95. The lowest BCUT2D eigenvalue weighted by molar-refractivity contribution is 1.13. The molecule has 0 spiro atoms. The topological polar surface area (TPSA) is 22.8 Å². The van der Waals surface area contributed by atoms with Crippen molar-refractivity contribution in [1.82, 2.24) is 14.1 Å². The average Bonchev–Trinajstić information content (AvgIpc) is 3.94. The molecule has 13 rings (SSSR count). The molecule has 0 bridgehead atoms. The molecule has 3 heterocycles. The number of nitrogens with zero attached hydrogens (tertiary/aromatic N) is 3. The van der Waals surface area contributed by atoms with Crippen molar-refractivity contribution >= 4 is 43.6 Å². The predicted octanol–water partition coefficient (Wildman–Crippen LogP) is 17.3. The van der Waals surface area contributed by atoms with Gasteiger partial charge in [0.15, 0.2) is 0 Å². The fraction of sp³-hybridized carbons (Fsp3) is 0. The molecule has 0 aliphatic carbocycles. The van der Waals surface area contributed by atoms with Gasteiger partial charge in [-0.1, -0.05) is 218 Å². The highest BCUT2D eigenvalue weighted by Crippen LogP contribution is 2.49. The molecule has 0 unspecified atom stereocenters. The SMILES string of the molecule is c1ccc(-c2nc(-c3ccccc3)c(-c3ccccc3)c(-c3ccc(-c4cc(-n5c6ccccc6c6ccccc65)cc(-n5c6ccccc6c6ccccc65)c4)cc3)c2-c2ccccc2)cc1. The van der Waals surface area contributed by atoms with E-state index in [4.69, 9.17) is 4.98 Å². The van der Waals surface area contributed by atoms with E-state index in [0.717, 1.165) is 78.4 Å². The van der Waals surface area contributed by atoms with Gasteiger partial charge in [0, 0.05) is 60.7 Å². The Morgan fingerprint density at radius 1 is 0.221 bits per heavy atom. The second-order valence-corrected chi connectivity index (χ2v) is 17.5. The molecule has 0 N–H and O–H groups in total. The van der Waals surface area contributed by atoms with E-state index in [1.165, 1.54) is 43.6 Å². The Labute approximate surface area is 395 Å². The van der Waals surface area contributed by atoms with E-state index in [9.17, 15) is 0 Å². The maximum absolute atomic E-state index is 5.67. The summed E-state index contributed by atoms with van der Waals surface area (Å²) in [6.45, 7) is 0. The molecule has 13 aromatic rings. The Kier molecular flexibility index (Phi) is 9.50. The van der Waals surface area contributed by atoms with E-state index in [-0.39, 0.29) is 0 Å². The van der Waals surface area contributed by atoms with Crippen LogP contribution in [0.5, 0.6) is 0 Å². The minimum Gasteiger partial charge on any atom is -0.309 e. The summed E-state index contributed by atoms with van der Waals surface area (Å²) in [4.78, 5) is 5.67. The highest BCUT2D eigenvalue weighted by atomic mass is 15.0. The zero-order valence-electron chi connectivity index (χ0n) is 37.2. The standard InChI is InChI=1S/C65H43N3/c1-5-21-45(22-6-1)62-61(63(46-23-7-2-8-24-46)65(49-27-11-4-12-28-49)66-64(62)48-25-9-3-10-26-48)47-39-37-44(38-40-47)50-41-51(67-57-33-17-13-29-53(57)54-30-14-18-34-58(54)67)43-52(42-50)68-59-35-19-15-31-55(59)56-32-16-20-36-60(56)68/h1-43H. The molecule has 0 aliphatic rings. The number of pyridine rings is 1. The van der Waals surface area contributed by atoms with E-state index in [1.807, 2.05) is 0 Å². The maximum Gasteiger partial charge on any atom is 0.0794 e. The van der Waals surface area contributed by atoms with Gasteiger partial charge in [-0.15, -0.1) is 0 Å². The van der Waals surface area contributed by atoms with Gasteiger partial charge in [0.2, 0.25) is 0 Å². The van der Waals surface area contributed by atoms with E-state index in [2.05, 4.69) is 270 Å². The van der Waals surface area contributed by atoms with Gasteiger partial charge in [0.1, 0.15) is 0 Å². The van der Waals surface area contributed by atoms with Crippen LogP contribution in [0.2, 0.25) is 0 Å². The van der Waals surface area contributed by atoms with Crippen LogP contribution in [0.3, 0.4) is 0 Å². The highest BCUT2D eigenvalue weighted by molar-refractivity contribution is 6.11. The monoisotopic (exact) mass is 865 g/mol. The van der Waals surface area contributed by atoms with Crippen LogP contribution in [-0.2, 0) is 0 Å². The van der Waals surface area contributed by atoms with Crippen LogP contribution < -0.4 is 0 Å². The lowest BCUT2D eigenvalue weighted by Gasteiger charge is -2.23. The van der Waals surface area contributed by atoms with E-state index >= 15 is 0 Å². The van der Waals surface area contributed by atoms with Crippen molar-refractivity contribution in [2.45, 2.75) is 0 Å². The molecule has 10 aromatic carbocycles. The molecule has 0 radical (unpaired) electrons. The van der Waals surface area contributed by atoms with Crippen LogP contribution in [0.1, 0.15) is 0 Å². The van der Waals surface area contributed by atoms with Crippen molar-refractivity contribution in [2.75, 3.05) is 0 Å². The van der Waals surface area contributed by atoms with Crippen LogP contribution in [0.4, 0.5) is 0 Å².